The van der Waals surface area contributed by atoms with E-state index in [0.717, 1.165) is 28.5 Å². The van der Waals surface area contributed by atoms with Gasteiger partial charge < -0.3 is 15.2 Å². The first kappa shape index (κ1) is 13.4. The largest absolute Gasteiger partial charge is 0.497 e. The van der Waals surface area contributed by atoms with Crippen LogP contribution < -0.4 is 15.2 Å². The number of rotatable bonds is 4. The second-order valence-electron chi connectivity index (χ2n) is 4.42. The highest BCUT2D eigenvalue weighted by molar-refractivity contribution is 5.45. The van der Waals surface area contributed by atoms with Gasteiger partial charge in [0, 0.05) is 12.6 Å². The van der Waals surface area contributed by atoms with Crippen LogP contribution in [0.4, 0.5) is 0 Å². The van der Waals surface area contributed by atoms with Crippen LogP contribution in [-0.4, -0.2) is 24.0 Å². The van der Waals surface area contributed by atoms with Crippen LogP contribution in [0.25, 0.3) is 0 Å². The Hall–Kier alpha value is -2.01. The molecule has 5 heteroatoms. The second kappa shape index (κ2) is 5.32. The maximum absolute atomic E-state index is 6.33. The van der Waals surface area contributed by atoms with E-state index < -0.39 is 0 Å². The van der Waals surface area contributed by atoms with Gasteiger partial charge in [-0.1, -0.05) is 0 Å². The minimum atomic E-state index is -0.309. The second-order valence-corrected chi connectivity index (χ2v) is 4.42. The Morgan fingerprint density at radius 3 is 2.47 bits per heavy atom. The van der Waals surface area contributed by atoms with Gasteiger partial charge in [-0.05, 0) is 31.2 Å². The first-order chi connectivity index (χ1) is 9.06. The van der Waals surface area contributed by atoms with Gasteiger partial charge in [-0.3, -0.25) is 4.68 Å². The summed E-state index contributed by atoms with van der Waals surface area (Å²) in [6, 6.07) is 7.27. The van der Waals surface area contributed by atoms with E-state index in [1.165, 1.54) is 0 Å². The lowest BCUT2D eigenvalue weighted by Crippen LogP contribution is -2.17. The fourth-order valence-electron chi connectivity index (χ4n) is 2.16. The zero-order valence-corrected chi connectivity index (χ0v) is 11.7. The van der Waals surface area contributed by atoms with Gasteiger partial charge in [0.25, 0.3) is 0 Å². The third-order valence-corrected chi connectivity index (χ3v) is 3.13. The van der Waals surface area contributed by atoms with Crippen LogP contribution in [-0.2, 0) is 7.05 Å². The summed E-state index contributed by atoms with van der Waals surface area (Å²) in [4.78, 5) is 0. The van der Waals surface area contributed by atoms with Gasteiger partial charge in [0.15, 0.2) is 0 Å². The van der Waals surface area contributed by atoms with Gasteiger partial charge in [-0.25, -0.2) is 0 Å². The van der Waals surface area contributed by atoms with E-state index in [0.29, 0.717) is 0 Å². The highest BCUT2D eigenvalue weighted by Crippen LogP contribution is 2.31. The molecule has 0 fully saturated rings. The molecule has 5 nitrogen and oxygen atoms in total. The van der Waals surface area contributed by atoms with Crippen molar-refractivity contribution in [3.63, 3.8) is 0 Å². The van der Waals surface area contributed by atoms with E-state index in [1.807, 2.05) is 38.2 Å². The number of nitrogens with two attached hydrogens (primary N) is 1. The maximum atomic E-state index is 6.33. The average Bonchev–Trinajstić information content (AvgIpc) is 2.76. The van der Waals surface area contributed by atoms with Crippen molar-refractivity contribution in [2.24, 2.45) is 12.8 Å². The molecule has 0 aliphatic carbocycles. The molecule has 0 amide bonds. The lowest BCUT2D eigenvalue weighted by molar-refractivity contribution is 0.396. The zero-order chi connectivity index (χ0) is 14.0. The average molecular weight is 261 g/mol. The van der Waals surface area contributed by atoms with Crippen molar-refractivity contribution in [1.29, 1.82) is 0 Å². The Bertz CT molecular complexity index is 578. The molecule has 2 rings (SSSR count). The molecule has 0 radical (unpaired) electrons. The molecule has 1 aromatic carbocycles. The van der Waals surface area contributed by atoms with E-state index in [-0.39, 0.29) is 6.04 Å². The van der Waals surface area contributed by atoms with E-state index in [9.17, 15) is 0 Å². The number of aromatic nitrogens is 2. The molecule has 2 aromatic rings. The summed E-state index contributed by atoms with van der Waals surface area (Å²) in [6.45, 7) is 1.94. The fraction of sp³-hybridized carbons (Fsp3) is 0.357. The number of aryl methyl sites for hydroxylation is 2. The first-order valence-electron chi connectivity index (χ1n) is 6.05. The number of hydrogen-bond acceptors (Lipinski definition) is 4. The molecule has 102 valence electrons. The molecular weight excluding hydrogens is 242 g/mol. The summed E-state index contributed by atoms with van der Waals surface area (Å²) < 4.78 is 12.4. The summed E-state index contributed by atoms with van der Waals surface area (Å²) >= 11 is 0. The van der Waals surface area contributed by atoms with Crippen LogP contribution in [0.2, 0.25) is 0 Å². The molecule has 1 aromatic heterocycles. The number of methoxy groups -OCH3 is 2. The molecule has 0 aliphatic rings. The Balaban J connectivity index is 2.47. The lowest BCUT2D eigenvalue weighted by atomic mass is 10.0. The fourth-order valence-corrected chi connectivity index (χ4v) is 2.16. The van der Waals surface area contributed by atoms with Crippen LogP contribution in [0.3, 0.4) is 0 Å². The van der Waals surface area contributed by atoms with Gasteiger partial charge in [-0.2, -0.15) is 5.10 Å². The number of benzene rings is 1. The Morgan fingerprint density at radius 2 is 1.95 bits per heavy atom. The summed E-state index contributed by atoms with van der Waals surface area (Å²) in [5.41, 5.74) is 9.09. The number of ether oxygens (including phenoxy) is 2. The molecule has 1 atom stereocenters. The van der Waals surface area contributed by atoms with Crippen LogP contribution >= 0.6 is 0 Å². The maximum Gasteiger partial charge on any atom is 0.124 e. The number of hydrogen-bond donors (Lipinski definition) is 1. The Kier molecular flexibility index (Phi) is 3.76. The third kappa shape index (κ3) is 2.56. The van der Waals surface area contributed by atoms with Gasteiger partial charge in [0.05, 0.1) is 31.6 Å². The van der Waals surface area contributed by atoms with Crippen molar-refractivity contribution in [3.05, 3.63) is 41.2 Å². The molecule has 0 spiro atoms. The predicted molar refractivity (Wildman–Crippen MR) is 73.5 cm³/mol. The Morgan fingerprint density at radius 1 is 1.21 bits per heavy atom. The van der Waals surface area contributed by atoms with Gasteiger partial charge in [0.1, 0.15) is 11.5 Å². The van der Waals surface area contributed by atoms with Crippen LogP contribution in [0.5, 0.6) is 11.5 Å². The summed E-state index contributed by atoms with van der Waals surface area (Å²) in [5.74, 6) is 1.50. The molecule has 0 aliphatic heterocycles. The van der Waals surface area contributed by atoms with Crippen molar-refractivity contribution in [1.82, 2.24) is 9.78 Å². The first-order valence-corrected chi connectivity index (χ1v) is 6.05. The monoisotopic (exact) mass is 261 g/mol. The number of nitrogens with zero attached hydrogens (tertiary/aromatic N) is 2. The minimum Gasteiger partial charge on any atom is -0.497 e. The summed E-state index contributed by atoms with van der Waals surface area (Å²) in [5, 5.41) is 4.32. The van der Waals surface area contributed by atoms with Gasteiger partial charge in [-0.15, -0.1) is 0 Å². The highest BCUT2D eigenvalue weighted by atomic mass is 16.5. The van der Waals surface area contributed by atoms with Crippen molar-refractivity contribution in [2.45, 2.75) is 13.0 Å². The SMILES string of the molecule is COc1ccc(OC)c(C(N)c2cc(C)nn2C)c1. The van der Waals surface area contributed by atoms with Crippen molar-refractivity contribution in [2.75, 3.05) is 14.2 Å². The Labute approximate surface area is 112 Å². The molecule has 1 unspecified atom stereocenters. The third-order valence-electron chi connectivity index (χ3n) is 3.13. The van der Waals surface area contributed by atoms with E-state index >= 15 is 0 Å². The lowest BCUT2D eigenvalue weighted by Gasteiger charge is -2.17. The van der Waals surface area contributed by atoms with Gasteiger partial charge in [0.2, 0.25) is 0 Å². The van der Waals surface area contributed by atoms with E-state index in [4.69, 9.17) is 15.2 Å². The minimum absolute atomic E-state index is 0.309. The summed E-state index contributed by atoms with van der Waals surface area (Å²) in [6.07, 6.45) is 0. The van der Waals surface area contributed by atoms with Crippen LogP contribution in [0.1, 0.15) is 23.0 Å². The highest BCUT2D eigenvalue weighted by Gasteiger charge is 2.18. The van der Waals surface area contributed by atoms with Crippen molar-refractivity contribution < 1.29 is 9.47 Å². The molecule has 1 heterocycles. The van der Waals surface area contributed by atoms with Crippen LogP contribution in [0, 0.1) is 6.92 Å². The zero-order valence-electron chi connectivity index (χ0n) is 11.7. The predicted octanol–water partition coefficient (Wildman–Crippen LogP) is 1.79. The standard InChI is InChI=1S/C14H19N3O2/c1-9-7-12(17(2)16-9)14(15)11-8-10(18-3)5-6-13(11)19-4/h5-8,14H,15H2,1-4H3. The van der Waals surface area contributed by atoms with E-state index in [2.05, 4.69) is 5.10 Å². The van der Waals surface area contributed by atoms with Crippen molar-refractivity contribution in [3.8, 4) is 11.5 Å². The normalized spacial score (nSPS) is 12.3. The van der Waals surface area contributed by atoms with Gasteiger partial charge >= 0.3 is 0 Å². The topological polar surface area (TPSA) is 62.3 Å². The molecule has 0 saturated carbocycles. The quantitative estimate of drug-likeness (QED) is 0.911. The smallest absolute Gasteiger partial charge is 0.124 e. The van der Waals surface area contributed by atoms with Crippen LogP contribution in [0.15, 0.2) is 24.3 Å². The molecule has 0 bridgehead atoms. The molecule has 2 N–H and O–H groups in total. The molecule has 19 heavy (non-hydrogen) atoms. The summed E-state index contributed by atoms with van der Waals surface area (Å²) in [7, 11) is 5.15. The molecular formula is C14H19N3O2. The molecule has 0 saturated heterocycles. The van der Waals surface area contributed by atoms with Crippen molar-refractivity contribution >= 4 is 0 Å². The van der Waals surface area contributed by atoms with E-state index in [1.54, 1.807) is 18.9 Å².